The van der Waals surface area contributed by atoms with Gasteiger partial charge < -0.3 is 14.4 Å². The van der Waals surface area contributed by atoms with Gasteiger partial charge >= 0.3 is 0 Å². The number of methoxy groups -OCH3 is 1. The van der Waals surface area contributed by atoms with E-state index in [-0.39, 0.29) is 11.5 Å². The van der Waals surface area contributed by atoms with Crippen molar-refractivity contribution < 1.29 is 9.47 Å². The van der Waals surface area contributed by atoms with E-state index >= 15 is 0 Å². The fraction of sp³-hybridized carbons (Fsp3) is 0.481. The molecule has 4 nitrogen and oxygen atoms in total. The van der Waals surface area contributed by atoms with Crippen molar-refractivity contribution >= 4 is 39.9 Å². The number of fused-ring (bicyclic) bond motifs is 3. The standard InChI is InChI=1S/C27H32ClIN2O2/c1-3-22(16-32-2)31-12-10-23(31)15-30-17-27(18-33-26-9-7-21(29)14-25(26)30)11-4-5-19-13-20(28)6-8-24(19)27/h3,6-9,13-14,22-23H,1,4-5,10-12,15-18H2,2H3/t22-,23+,27+/m1/s1. The summed E-state index contributed by atoms with van der Waals surface area (Å²) < 4.78 is 13.3. The normalized spacial score (nSPS) is 25.4. The number of nitrogens with zero attached hydrogens (tertiary/aromatic N) is 2. The lowest BCUT2D eigenvalue weighted by Crippen LogP contribution is -2.59. The molecule has 3 atom stereocenters. The van der Waals surface area contributed by atoms with E-state index in [2.05, 4.69) is 69.3 Å². The molecule has 2 aromatic rings. The molecule has 1 aliphatic carbocycles. The Morgan fingerprint density at radius 2 is 2.21 bits per heavy atom. The molecule has 6 heteroatoms. The highest BCUT2D eigenvalue weighted by Crippen LogP contribution is 2.45. The number of hydrogen-bond acceptors (Lipinski definition) is 4. The lowest BCUT2D eigenvalue weighted by molar-refractivity contribution is 0.0255. The molecular weight excluding hydrogens is 547 g/mol. The van der Waals surface area contributed by atoms with Gasteiger partial charge in [0.1, 0.15) is 5.75 Å². The van der Waals surface area contributed by atoms with Crippen LogP contribution in [0.3, 0.4) is 0 Å². The van der Waals surface area contributed by atoms with Crippen molar-refractivity contribution in [2.45, 2.75) is 43.2 Å². The molecule has 1 spiro atoms. The third kappa shape index (κ3) is 4.54. The second-order valence-corrected chi connectivity index (χ2v) is 11.3. The van der Waals surface area contributed by atoms with Gasteiger partial charge in [0.05, 0.1) is 24.9 Å². The minimum Gasteiger partial charge on any atom is -0.490 e. The summed E-state index contributed by atoms with van der Waals surface area (Å²) in [7, 11) is 1.77. The summed E-state index contributed by atoms with van der Waals surface area (Å²) in [6.07, 6.45) is 6.62. The van der Waals surface area contributed by atoms with Gasteiger partial charge in [0.25, 0.3) is 0 Å². The summed E-state index contributed by atoms with van der Waals surface area (Å²) in [5.74, 6) is 0.997. The van der Waals surface area contributed by atoms with E-state index in [1.54, 1.807) is 7.11 Å². The summed E-state index contributed by atoms with van der Waals surface area (Å²) in [6, 6.07) is 13.8. The first-order valence-corrected chi connectivity index (χ1v) is 13.3. The molecule has 0 unspecified atom stereocenters. The van der Waals surface area contributed by atoms with E-state index in [1.807, 2.05) is 12.1 Å². The van der Waals surface area contributed by atoms with Crippen LogP contribution in [0.4, 0.5) is 5.69 Å². The number of hydrogen-bond donors (Lipinski definition) is 0. The molecule has 1 fully saturated rings. The fourth-order valence-electron chi connectivity index (χ4n) is 5.91. The SMILES string of the molecule is C=C[C@H](COC)N1CC[C@H]1CN1C[C@@]2(CCCc3cc(Cl)ccc32)COc2ccc(I)cc21. The minimum absolute atomic E-state index is 0.0262. The highest BCUT2D eigenvalue weighted by Gasteiger charge is 2.43. The van der Waals surface area contributed by atoms with Gasteiger partial charge in [-0.3, -0.25) is 4.90 Å². The predicted molar refractivity (Wildman–Crippen MR) is 144 cm³/mol. The second kappa shape index (κ2) is 9.76. The first kappa shape index (κ1) is 23.5. The average Bonchev–Trinajstić information content (AvgIpc) is 2.93. The van der Waals surface area contributed by atoms with E-state index in [0.29, 0.717) is 19.3 Å². The Hall–Kier alpha value is -1.28. The largest absolute Gasteiger partial charge is 0.490 e. The minimum atomic E-state index is -0.0262. The van der Waals surface area contributed by atoms with Gasteiger partial charge in [-0.05, 0) is 89.7 Å². The molecule has 3 aliphatic rings. The number of rotatable bonds is 6. The molecule has 0 saturated carbocycles. The number of benzene rings is 2. The summed E-state index contributed by atoms with van der Waals surface area (Å²) in [4.78, 5) is 5.13. The Balaban J connectivity index is 1.49. The molecule has 176 valence electrons. The smallest absolute Gasteiger partial charge is 0.142 e. The molecule has 0 aromatic heterocycles. The van der Waals surface area contributed by atoms with Crippen LogP contribution in [-0.4, -0.2) is 56.9 Å². The van der Waals surface area contributed by atoms with Crippen molar-refractivity contribution in [1.82, 2.24) is 4.90 Å². The van der Waals surface area contributed by atoms with Gasteiger partial charge in [-0.25, -0.2) is 0 Å². The Bertz CT molecular complexity index is 1030. The van der Waals surface area contributed by atoms with Gasteiger partial charge in [-0.15, -0.1) is 6.58 Å². The molecule has 2 aromatic carbocycles. The highest BCUT2D eigenvalue weighted by atomic mass is 127. The van der Waals surface area contributed by atoms with Crippen LogP contribution in [0.25, 0.3) is 0 Å². The Kier molecular flexibility index (Phi) is 6.94. The van der Waals surface area contributed by atoms with Crippen LogP contribution in [-0.2, 0) is 16.6 Å². The molecule has 0 amide bonds. The van der Waals surface area contributed by atoms with Crippen molar-refractivity contribution in [3.63, 3.8) is 0 Å². The average molecular weight is 579 g/mol. The third-order valence-corrected chi connectivity index (χ3v) is 8.56. The molecule has 33 heavy (non-hydrogen) atoms. The van der Waals surface area contributed by atoms with E-state index in [0.717, 1.165) is 43.2 Å². The first-order chi connectivity index (χ1) is 16.0. The molecule has 2 heterocycles. The van der Waals surface area contributed by atoms with Crippen LogP contribution in [0.15, 0.2) is 49.1 Å². The van der Waals surface area contributed by atoms with Crippen molar-refractivity contribution in [3.8, 4) is 5.75 Å². The predicted octanol–water partition coefficient (Wildman–Crippen LogP) is 5.69. The van der Waals surface area contributed by atoms with Crippen molar-refractivity contribution in [2.75, 3.05) is 44.9 Å². The summed E-state index contributed by atoms with van der Waals surface area (Å²) in [5.41, 5.74) is 3.99. The monoisotopic (exact) mass is 578 g/mol. The Morgan fingerprint density at radius 3 is 2.97 bits per heavy atom. The molecule has 0 N–H and O–H groups in total. The van der Waals surface area contributed by atoms with Crippen molar-refractivity contribution in [1.29, 1.82) is 0 Å². The summed E-state index contributed by atoms with van der Waals surface area (Å²) in [5, 5.41) is 0.828. The third-order valence-electron chi connectivity index (χ3n) is 7.66. The summed E-state index contributed by atoms with van der Waals surface area (Å²) in [6.45, 7) is 8.50. The van der Waals surface area contributed by atoms with Crippen LogP contribution in [0, 0.1) is 3.57 Å². The van der Waals surface area contributed by atoms with Crippen molar-refractivity contribution in [3.05, 3.63) is 68.8 Å². The topological polar surface area (TPSA) is 24.9 Å². The van der Waals surface area contributed by atoms with Crippen molar-refractivity contribution in [2.24, 2.45) is 0 Å². The van der Waals surface area contributed by atoms with Gasteiger partial charge in [0.2, 0.25) is 0 Å². The maximum atomic E-state index is 6.55. The zero-order chi connectivity index (χ0) is 23.0. The maximum Gasteiger partial charge on any atom is 0.142 e. The highest BCUT2D eigenvalue weighted by molar-refractivity contribution is 14.1. The number of ether oxygens (including phenoxy) is 2. The summed E-state index contributed by atoms with van der Waals surface area (Å²) >= 11 is 8.78. The number of halogens is 2. The molecule has 0 bridgehead atoms. The molecule has 1 saturated heterocycles. The van der Waals surface area contributed by atoms with Gasteiger partial charge in [0.15, 0.2) is 0 Å². The zero-order valence-corrected chi connectivity index (χ0v) is 22.1. The molecule has 5 rings (SSSR count). The quantitative estimate of drug-likeness (QED) is 0.325. The van der Waals surface area contributed by atoms with Crippen LogP contribution in [0.2, 0.25) is 5.02 Å². The van der Waals surface area contributed by atoms with Gasteiger partial charge in [-0.1, -0.05) is 23.7 Å². The Morgan fingerprint density at radius 1 is 1.33 bits per heavy atom. The first-order valence-electron chi connectivity index (χ1n) is 11.9. The maximum absolute atomic E-state index is 6.55. The van der Waals surface area contributed by atoms with E-state index in [9.17, 15) is 0 Å². The van der Waals surface area contributed by atoms with Crippen LogP contribution in [0.1, 0.15) is 30.4 Å². The lowest BCUT2D eigenvalue weighted by Gasteiger charge is -2.48. The molecule has 0 radical (unpaired) electrons. The Labute approximate surface area is 216 Å². The van der Waals surface area contributed by atoms with Gasteiger partial charge in [-0.2, -0.15) is 0 Å². The molecular formula is C27H32ClIN2O2. The van der Waals surface area contributed by atoms with Crippen LogP contribution >= 0.6 is 34.2 Å². The number of anilines is 1. The van der Waals surface area contributed by atoms with E-state index < -0.39 is 0 Å². The van der Waals surface area contributed by atoms with E-state index in [4.69, 9.17) is 21.1 Å². The van der Waals surface area contributed by atoms with Crippen LogP contribution < -0.4 is 9.64 Å². The zero-order valence-electron chi connectivity index (χ0n) is 19.2. The fourth-order valence-corrected chi connectivity index (χ4v) is 6.57. The van der Waals surface area contributed by atoms with Crippen LogP contribution in [0.5, 0.6) is 5.75 Å². The van der Waals surface area contributed by atoms with Gasteiger partial charge in [0, 0.05) is 46.8 Å². The van der Waals surface area contributed by atoms with E-state index in [1.165, 1.54) is 33.2 Å². The number of likely N-dealkylation sites (tertiary alicyclic amines) is 1. The molecule has 2 aliphatic heterocycles. The second-order valence-electron chi connectivity index (χ2n) is 9.66. The number of aryl methyl sites for hydroxylation is 1. The lowest BCUT2D eigenvalue weighted by atomic mass is 9.70.